The van der Waals surface area contributed by atoms with Crippen molar-refractivity contribution in [3.8, 4) is 0 Å². The number of carbonyl (C=O) groups excluding carboxylic acids is 1. The molecule has 24 heavy (non-hydrogen) atoms. The Morgan fingerprint density at radius 3 is 2.83 bits per heavy atom. The summed E-state index contributed by atoms with van der Waals surface area (Å²) in [6, 6.07) is 8.65. The molecule has 0 saturated carbocycles. The zero-order valence-electron chi connectivity index (χ0n) is 12.9. The van der Waals surface area contributed by atoms with Gasteiger partial charge in [-0.15, -0.1) is 22.7 Å². The number of hydrogen-bond donors (Lipinski definition) is 1. The predicted molar refractivity (Wildman–Crippen MR) is 97.9 cm³/mol. The van der Waals surface area contributed by atoms with E-state index >= 15 is 0 Å². The van der Waals surface area contributed by atoms with Crippen molar-refractivity contribution in [2.75, 3.05) is 13.7 Å². The topological polar surface area (TPSA) is 38.3 Å². The fourth-order valence-electron chi connectivity index (χ4n) is 2.50. The number of ether oxygens (including phenoxy) is 1. The van der Waals surface area contributed by atoms with Crippen LogP contribution in [0.15, 0.2) is 30.3 Å². The van der Waals surface area contributed by atoms with Gasteiger partial charge in [-0.05, 0) is 30.7 Å². The molecular weight excluding hydrogens is 369 g/mol. The van der Waals surface area contributed by atoms with Crippen LogP contribution in [0.4, 0.5) is 4.39 Å². The van der Waals surface area contributed by atoms with E-state index in [1.165, 1.54) is 35.8 Å². The molecule has 126 valence electrons. The summed E-state index contributed by atoms with van der Waals surface area (Å²) in [4.78, 5) is 14.1. The van der Waals surface area contributed by atoms with E-state index in [4.69, 9.17) is 16.3 Å². The van der Waals surface area contributed by atoms with Crippen LogP contribution in [0.1, 0.15) is 20.1 Å². The highest BCUT2D eigenvalue weighted by Crippen LogP contribution is 2.33. The summed E-state index contributed by atoms with van der Waals surface area (Å²) in [6.45, 7) is 0.697. The summed E-state index contributed by atoms with van der Waals surface area (Å²) in [7, 11) is 1.53. The zero-order valence-corrected chi connectivity index (χ0v) is 15.3. The Morgan fingerprint density at radius 1 is 1.29 bits per heavy atom. The Labute approximate surface area is 152 Å². The van der Waals surface area contributed by atoms with Gasteiger partial charge in [0.2, 0.25) is 0 Å². The Morgan fingerprint density at radius 2 is 2.12 bits per heavy atom. The van der Waals surface area contributed by atoms with E-state index < -0.39 is 0 Å². The van der Waals surface area contributed by atoms with Crippen molar-refractivity contribution in [3.63, 3.8) is 0 Å². The first kappa shape index (κ1) is 17.4. The van der Waals surface area contributed by atoms with Gasteiger partial charge in [0.15, 0.2) is 0 Å². The van der Waals surface area contributed by atoms with Crippen LogP contribution in [0, 0.1) is 5.82 Å². The maximum absolute atomic E-state index is 14.1. The van der Waals surface area contributed by atoms with Crippen LogP contribution in [-0.2, 0) is 17.8 Å². The summed E-state index contributed by atoms with van der Waals surface area (Å²) in [6.07, 6.45) is 0.710. The average molecular weight is 384 g/mol. The number of halogens is 2. The molecule has 0 unspecified atom stereocenters. The second kappa shape index (κ2) is 7.61. The van der Waals surface area contributed by atoms with Gasteiger partial charge in [-0.2, -0.15) is 0 Å². The smallest absolute Gasteiger partial charge is 0.261 e. The first-order valence-corrected chi connectivity index (χ1v) is 9.32. The maximum Gasteiger partial charge on any atom is 0.261 e. The lowest BCUT2D eigenvalue weighted by molar-refractivity contribution is 0.0954. The van der Waals surface area contributed by atoms with E-state index in [1.807, 2.05) is 18.2 Å². The summed E-state index contributed by atoms with van der Waals surface area (Å²) in [5.74, 6) is -0.534. The van der Waals surface area contributed by atoms with Crippen molar-refractivity contribution in [3.05, 3.63) is 55.8 Å². The maximum atomic E-state index is 14.1. The number of fused-ring (bicyclic) bond motifs is 1. The lowest BCUT2D eigenvalue weighted by Crippen LogP contribution is -2.25. The lowest BCUT2D eigenvalue weighted by atomic mass is 10.1. The third kappa shape index (κ3) is 3.62. The van der Waals surface area contributed by atoms with Gasteiger partial charge in [-0.1, -0.05) is 17.7 Å². The van der Waals surface area contributed by atoms with Gasteiger partial charge in [0.05, 0.1) is 15.8 Å². The number of rotatable bonds is 6. The molecule has 3 aromatic rings. The normalized spacial score (nSPS) is 11.1. The number of benzene rings is 1. The number of nitrogens with one attached hydrogen (secondary N) is 1. The number of amides is 1. The van der Waals surface area contributed by atoms with Gasteiger partial charge in [0.25, 0.3) is 5.91 Å². The highest BCUT2D eigenvalue weighted by atomic mass is 35.5. The number of thiophene rings is 2. The summed E-state index contributed by atoms with van der Waals surface area (Å²) < 4.78 is 20.8. The average Bonchev–Trinajstić information content (AvgIpc) is 3.13. The molecule has 1 aromatic carbocycles. The molecular formula is C17H15ClFNO2S2. The van der Waals surface area contributed by atoms with Gasteiger partial charge < -0.3 is 10.1 Å². The number of methoxy groups -OCH3 is 1. The van der Waals surface area contributed by atoms with Crippen molar-refractivity contribution in [1.29, 1.82) is 0 Å². The molecule has 0 radical (unpaired) electrons. The minimum absolute atomic E-state index is 0.199. The van der Waals surface area contributed by atoms with E-state index in [9.17, 15) is 9.18 Å². The monoisotopic (exact) mass is 383 g/mol. The minimum atomic E-state index is -0.330. The highest BCUT2D eigenvalue weighted by Gasteiger charge is 2.20. The molecule has 2 heterocycles. The molecule has 0 aliphatic heterocycles. The molecule has 0 aliphatic carbocycles. The summed E-state index contributed by atoms with van der Waals surface area (Å²) in [5.41, 5.74) is 0.604. The third-order valence-electron chi connectivity index (χ3n) is 3.54. The summed E-state index contributed by atoms with van der Waals surface area (Å²) in [5, 5.41) is 3.36. The standard InChI is InChI=1S/C17H15ClFNO2S2/c1-22-9-11-15-12(19)3-2-4-13(15)24-16(11)17(21)20-8-7-10-5-6-14(18)23-10/h2-6H,7-9H2,1H3,(H,20,21). The quantitative estimate of drug-likeness (QED) is 0.659. The molecule has 3 rings (SSSR count). The molecule has 0 spiro atoms. The molecule has 0 saturated heterocycles. The fraction of sp³-hybridized carbons (Fsp3) is 0.235. The molecule has 2 aromatic heterocycles. The van der Waals surface area contributed by atoms with E-state index in [2.05, 4.69) is 5.32 Å². The van der Waals surface area contributed by atoms with Crippen LogP contribution in [0.2, 0.25) is 4.34 Å². The Kier molecular flexibility index (Phi) is 5.50. The first-order chi connectivity index (χ1) is 11.6. The van der Waals surface area contributed by atoms with Crippen LogP contribution in [-0.4, -0.2) is 19.6 Å². The van der Waals surface area contributed by atoms with E-state index in [0.29, 0.717) is 28.8 Å². The molecule has 3 nitrogen and oxygen atoms in total. The third-order valence-corrected chi connectivity index (χ3v) is 6.03. The Hall–Kier alpha value is -1.47. The van der Waals surface area contributed by atoms with E-state index in [1.54, 1.807) is 6.07 Å². The van der Waals surface area contributed by atoms with E-state index in [-0.39, 0.29) is 18.3 Å². The van der Waals surface area contributed by atoms with Crippen molar-refractivity contribution in [2.45, 2.75) is 13.0 Å². The molecule has 0 aliphatic rings. The number of hydrogen-bond acceptors (Lipinski definition) is 4. The molecule has 7 heteroatoms. The van der Waals surface area contributed by atoms with Gasteiger partial charge >= 0.3 is 0 Å². The first-order valence-electron chi connectivity index (χ1n) is 7.31. The van der Waals surface area contributed by atoms with Crippen LogP contribution >= 0.6 is 34.3 Å². The Bertz CT molecular complexity index is 875. The fourth-order valence-corrected chi connectivity index (χ4v) is 4.72. The predicted octanol–water partition coefficient (Wildman–Crippen LogP) is 4.87. The van der Waals surface area contributed by atoms with Gasteiger partial charge in [0, 0.05) is 34.2 Å². The van der Waals surface area contributed by atoms with Crippen LogP contribution in [0.25, 0.3) is 10.1 Å². The van der Waals surface area contributed by atoms with Gasteiger partial charge in [0.1, 0.15) is 5.82 Å². The zero-order chi connectivity index (χ0) is 17.1. The summed E-state index contributed by atoms with van der Waals surface area (Å²) >= 11 is 8.68. The van der Waals surface area contributed by atoms with Gasteiger partial charge in [-0.3, -0.25) is 4.79 Å². The van der Waals surface area contributed by atoms with Crippen LogP contribution < -0.4 is 5.32 Å². The molecule has 1 amide bonds. The molecule has 0 bridgehead atoms. The second-order valence-electron chi connectivity index (χ2n) is 5.17. The highest BCUT2D eigenvalue weighted by molar-refractivity contribution is 7.21. The largest absolute Gasteiger partial charge is 0.380 e. The lowest BCUT2D eigenvalue weighted by Gasteiger charge is -2.06. The second-order valence-corrected chi connectivity index (χ2v) is 8.02. The van der Waals surface area contributed by atoms with Crippen LogP contribution in [0.3, 0.4) is 0 Å². The molecule has 0 fully saturated rings. The van der Waals surface area contributed by atoms with E-state index in [0.717, 1.165) is 13.9 Å². The van der Waals surface area contributed by atoms with Crippen molar-refractivity contribution in [2.24, 2.45) is 0 Å². The van der Waals surface area contributed by atoms with Crippen molar-refractivity contribution in [1.82, 2.24) is 5.32 Å². The molecule has 0 atom stereocenters. The van der Waals surface area contributed by atoms with Crippen molar-refractivity contribution >= 4 is 50.3 Å². The number of carbonyl (C=O) groups is 1. The van der Waals surface area contributed by atoms with Crippen LogP contribution in [0.5, 0.6) is 0 Å². The molecule has 1 N–H and O–H groups in total. The van der Waals surface area contributed by atoms with Crippen molar-refractivity contribution < 1.29 is 13.9 Å². The SMILES string of the molecule is COCc1c(C(=O)NCCc2ccc(Cl)s2)sc2cccc(F)c12. The van der Waals surface area contributed by atoms with Gasteiger partial charge in [-0.25, -0.2) is 4.39 Å². The minimum Gasteiger partial charge on any atom is -0.380 e. The Balaban J connectivity index is 1.78.